The molecular formula is C14H11F2NOS2. The predicted molar refractivity (Wildman–Crippen MR) is 80.0 cm³/mol. The van der Waals surface area contributed by atoms with E-state index in [9.17, 15) is 13.6 Å². The molecule has 0 aliphatic carbocycles. The second-order valence-corrected chi connectivity index (χ2v) is 5.43. The van der Waals surface area contributed by atoms with Crippen molar-refractivity contribution in [3.8, 4) is 0 Å². The van der Waals surface area contributed by atoms with Gasteiger partial charge in [0.15, 0.2) is 0 Å². The molecule has 2 aromatic rings. The fraction of sp³-hybridized carbons (Fsp3) is 0.0714. The molecule has 0 saturated heterocycles. The quantitative estimate of drug-likeness (QED) is 0.641. The number of para-hydroxylation sites is 1. The zero-order valence-electron chi connectivity index (χ0n) is 10.2. The minimum absolute atomic E-state index is 0.331. The van der Waals surface area contributed by atoms with Crippen molar-refractivity contribution in [2.75, 3.05) is 5.32 Å². The first-order valence-corrected chi connectivity index (χ1v) is 7.03. The van der Waals surface area contributed by atoms with Crippen LogP contribution in [0, 0.1) is 0 Å². The lowest BCUT2D eigenvalue weighted by atomic mass is 10.2. The maximum Gasteiger partial charge on any atom is 0.288 e. The fourth-order valence-corrected chi connectivity index (χ4v) is 2.43. The summed E-state index contributed by atoms with van der Waals surface area (Å²) in [5, 5.41) is 2.63. The Morgan fingerprint density at radius 1 is 1.15 bits per heavy atom. The third kappa shape index (κ3) is 3.98. The van der Waals surface area contributed by atoms with Crippen molar-refractivity contribution < 1.29 is 13.6 Å². The standard InChI is InChI=1S/C14H11F2NOS2/c15-14(16)20-12-7-2-1-6-11(12)17-13(18)9-4-3-5-10(19)8-9/h1-8,14,19H,(H,17,18). The number of carbonyl (C=O) groups is 1. The molecular weight excluding hydrogens is 300 g/mol. The number of thiol groups is 1. The van der Waals surface area contributed by atoms with Crippen LogP contribution in [0.25, 0.3) is 0 Å². The smallest absolute Gasteiger partial charge is 0.288 e. The van der Waals surface area contributed by atoms with Gasteiger partial charge >= 0.3 is 0 Å². The third-order valence-electron chi connectivity index (χ3n) is 2.46. The van der Waals surface area contributed by atoms with Crippen molar-refractivity contribution in [2.45, 2.75) is 15.5 Å². The summed E-state index contributed by atoms with van der Waals surface area (Å²) in [6.07, 6.45) is 0. The summed E-state index contributed by atoms with van der Waals surface area (Å²) in [5.74, 6) is -2.89. The third-order valence-corrected chi connectivity index (χ3v) is 3.53. The molecule has 1 amide bonds. The summed E-state index contributed by atoms with van der Waals surface area (Å²) < 4.78 is 24.9. The zero-order valence-corrected chi connectivity index (χ0v) is 11.9. The Morgan fingerprint density at radius 2 is 1.90 bits per heavy atom. The first kappa shape index (κ1) is 14.9. The topological polar surface area (TPSA) is 29.1 Å². The van der Waals surface area contributed by atoms with Gasteiger partial charge in [-0.15, -0.1) is 12.6 Å². The van der Waals surface area contributed by atoms with Gasteiger partial charge in [0.25, 0.3) is 11.7 Å². The number of amides is 1. The number of alkyl halides is 2. The van der Waals surface area contributed by atoms with Crippen LogP contribution >= 0.6 is 24.4 Å². The normalized spacial score (nSPS) is 10.6. The van der Waals surface area contributed by atoms with Crippen LogP contribution < -0.4 is 5.32 Å². The Bertz CT molecular complexity index is 620. The monoisotopic (exact) mass is 311 g/mol. The van der Waals surface area contributed by atoms with Crippen LogP contribution in [0.5, 0.6) is 0 Å². The van der Waals surface area contributed by atoms with E-state index >= 15 is 0 Å². The molecule has 6 heteroatoms. The van der Waals surface area contributed by atoms with Crippen LogP contribution in [-0.2, 0) is 0 Å². The minimum Gasteiger partial charge on any atom is -0.321 e. The lowest BCUT2D eigenvalue weighted by Crippen LogP contribution is -2.12. The lowest BCUT2D eigenvalue weighted by molar-refractivity contribution is 0.102. The average molecular weight is 311 g/mol. The number of hydrogen-bond acceptors (Lipinski definition) is 3. The predicted octanol–water partition coefficient (Wildman–Crippen LogP) is 4.54. The van der Waals surface area contributed by atoms with Gasteiger partial charge in [0.2, 0.25) is 0 Å². The number of anilines is 1. The SMILES string of the molecule is O=C(Nc1ccccc1SC(F)F)c1cccc(S)c1. The van der Waals surface area contributed by atoms with Gasteiger partial charge in [0.1, 0.15) is 0 Å². The molecule has 20 heavy (non-hydrogen) atoms. The molecule has 0 atom stereocenters. The molecule has 2 aromatic carbocycles. The molecule has 2 rings (SSSR count). The number of carbonyl (C=O) groups excluding carboxylic acids is 1. The number of halogens is 2. The van der Waals surface area contributed by atoms with Crippen molar-refractivity contribution in [3.05, 3.63) is 54.1 Å². The van der Waals surface area contributed by atoms with E-state index in [1.54, 1.807) is 48.5 Å². The van der Waals surface area contributed by atoms with Gasteiger partial charge in [-0.3, -0.25) is 4.79 Å². The van der Waals surface area contributed by atoms with Gasteiger partial charge in [0, 0.05) is 15.4 Å². The Kier molecular flexibility index (Phi) is 5.03. The lowest BCUT2D eigenvalue weighted by Gasteiger charge is -2.10. The van der Waals surface area contributed by atoms with Crippen LogP contribution in [0.4, 0.5) is 14.5 Å². The first-order chi connectivity index (χ1) is 9.56. The molecule has 0 fully saturated rings. The van der Waals surface area contributed by atoms with E-state index in [4.69, 9.17) is 0 Å². The van der Waals surface area contributed by atoms with Crippen molar-refractivity contribution in [1.29, 1.82) is 0 Å². The number of rotatable bonds is 4. The highest BCUT2D eigenvalue weighted by atomic mass is 32.2. The van der Waals surface area contributed by atoms with Crippen molar-refractivity contribution >= 4 is 36.0 Å². The van der Waals surface area contributed by atoms with Crippen molar-refractivity contribution in [3.63, 3.8) is 0 Å². The van der Waals surface area contributed by atoms with Crippen LogP contribution in [0.15, 0.2) is 58.3 Å². The summed E-state index contributed by atoms with van der Waals surface area (Å²) in [6.45, 7) is 0. The van der Waals surface area contributed by atoms with Crippen LogP contribution in [0.1, 0.15) is 10.4 Å². The Labute approximate surface area is 125 Å². The van der Waals surface area contributed by atoms with Crippen molar-refractivity contribution in [2.24, 2.45) is 0 Å². The largest absolute Gasteiger partial charge is 0.321 e. The van der Waals surface area contributed by atoms with Crippen molar-refractivity contribution in [1.82, 2.24) is 0 Å². The van der Waals surface area contributed by atoms with Gasteiger partial charge in [-0.2, -0.15) is 8.78 Å². The van der Waals surface area contributed by atoms with E-state index in [1.807, 2.05) is 0 Å². The van der Waals surface area contributed by atoms with Crippen LogP contribution in [0.2, 0.25) is 0 Å². The molecule has 0 spiro atoms. The summed E-state index contributed by atoms with van der Waals surface area (Å²) in [4.78, 5) is 13.1. The molecule has 2 nitrogen and oxygen atoms in total. The van der Waals surface area contributed by atoms with Gasteiger partial charge in [0.05, 0.1) is 5.69 Å². The molecule has 0 bridgehead atoms. The highest BCUT2D eigenvalue weighted by molar-refractivity contribution is 7.99. The molecule has 0 aromatic heterocycles. The number of thioether (sulfide) groups is 1. The van der Waals surface area contributed by atoms with Crippen LogP contribution in [0.3, 0.4) is 0 Å². The highest BCUT2D eigenvalue weighted by Crippen LogP contribution is 2.31. The van der Waals surface area contributed by atoms with Gasteiger partial charge in [-0.1, -0.05) is 30.0 Å². The second kappa shape index (κ2) is 6.76. The Balaban J connectivity index is 2.19. The molecule has 0 radical (unpaired) electrons. The van der Waals surface area contributed by atoms with Crippen LogP contribution in [-0.4, -0.2) is 11.7 Å². The highest BCUT2D eigenvalue weighted by Gasteiger charge is 2.12. The van der Waals surface area contributed by atoms with E-state index in [0.29, 0.717) is 32.8 Å². The maximum absolute atomic E-state index is 12.5. The average Bonchev–Trinajstić information content (AvgIpc) is 2.40. The molecule has 0 heterocycles. The Morgan fingerprint density at radius 3 is 2.60 bits per heavy atom. The summed E-state index contributed by atoms with van der Waals surface area (Å²) >= 11 is 4.56. The second-order valence-electron chi connectivity index (χ2n) is 3.88. The van der Waals surface area contributed by atoms with E-state index in [-0.39, 0.29) is 5.91 Å². The number of benzene rings is 2. The molecule has 0 aliphatic heterocycles. The molecule has 0 aliphatic rings. The van der Waals surface area contributed by atoms with E-state index in [1.165, 1.54) is 0 Å². The van der Waals surface area contributed by atoms with Gasteiger partial charge in [-0.25, -0.2) is 0 Å². The van der Waals surface area contributed by atoms with E-state index < -0.39 is 5.76 Å². The minimum atomic E-state index is -2.53. The summed E-state index contributed by atoms with van der Waals surface area (Å²) in [6, 6.07) is 13.2. The zero-order chi connectivity index (χ0) is 14.5. The molecule has 0 saturated carbocycles. The Hall–Kier alpha value is -1.53. The molecule has 1 N–H and O–H groups in total. The fourth-order valence-electron chi connectivity index (χ4n) is 1.61. The van der Waals surface area contributed by atoms with E-state index in [0.717, 1.165) is 0 Å². The summed E-state index contributed by atoms with van der Waals surface area (Å²) in [5.41, 5.74) is 0.793. The summed E-state index contributed by atoms with van der Waals surface area (Å²) in [7, 11) is 0. The van der Waals surface area contributed by atoms with Gasteiger partial charge in [-0.05, 0) is 30.3 Å². The molecule has 104 valence electrons. The number of nitrogens with one attached hydrogen (secondary N) is 1. The molecule has 0 unspecified atom stereocenters. The first-order valence-electron chi connectivity index (χ1n) is 5.70. The number of hydrogen-bond donors (Lipinski definition) is 2. The van der Waals surface area contributed by atoms with E-state index in [2.05, 4.69) is 17.9 Å². The maximum atomic E-state index is 12.5. The van der Waals surface area contributed by atoms with Gasteiger partial charge < -0.3 is 5.32 Å².